The van der Waals surface area contributed by atoms with Crippen LogP contribution in [-0.4, -0.2) is 38.9 Å². The number of rotatable bonds is 2. The third-order valence-corrected chi connectivity index (χ3v) is 6.60. The van der Waals surface area contributed by atoms with E-state index in [-0.39, 0.29) is 11.8 Å². The Morgan fingerprint density at radius 2 is 2.32 bits per heavy atom. The lowest BCUT2D eigenvalue weighted by molar-refractivity contribution is -0.133. The van der Waals surface area contributed by atoms with Crippen LogP contribution in [0.5, 0.6) is 0 Å². The van der Waals surface area contributed by atoms with Crippen LogP contribution in [0.15, 0.2) is 18.2 Å². The number of benzene rings is 1. The molecule has 4 rings (SSSR count). The third kappa shape index (κ3) is 2.03. The van der Waals surface area contributed by atoms with Gasteiger partial charge in [-0.15, -0.1) is 11.8 Å². The van der Waals surface area contributed by atoms with Crippen molar-refractivity contribution in [1.29, 1.82) is 0 Å². The molecule has 1 aromatic heterocycles. The summed E-state index contributed by atoms with van der Waals surface area (Å²) in [7, 11) is 0. The maximum Gasteiger partial charge on any atom is 0.262 e. The Morgan fingerprint density at radius 3 is 3.18 bits per heavy atom. The number of hydrogen-bond acceptors (Lipinski definition) is 5. The third-order valence-electron chi connectivity index (χ3n) is 4.19. The molecule has 0 saturated carbocycles. The molecule has 2 aliphatic rings. The van der Waals surface area contributed by atoms with Gasteiger partial charge in [-0.2, -0.15) is 0 Å². The van der Waals surface area contributed by atoms with Crippen LogP contribution in [0.4, 0.5) is 5.13 Å². The van der Waals surface area contributed by atoms with Crippen molar-refractivity contribution in [3.05, 3.63) is 23.8 Å². The Balaban J connectivity index is 1.62. The molecule has 0 spiro atoms. The van der Waals surface area contributed by atoms with Gasteiger partial charge in [0.1, 0.15) is 0 Å². The first-order chi connectivity index (χ1) is 10.6. The van der Waals surface area contributed by atoms with Gasteiger partial charge < -0.3 is 4.90 Å². The minimum atomic E-state index is -0.717. The van der Waals surface area contributed by atoms with Crippen LogP contribution >= 0.6 is 23.1 Å². The second-order valence-electron chi connectivity index (χ2n) is 5.62. The number of nitrogens with one attached hydrogen (secondary N) is 1. The molecular weight excluding hydrogens is 318 g/mol. The Bertz CT molecular complexity index is 788. The lowest BCUT2D eigenvalue weighted by Crippen LogP contribution is -2.48. The van der Waals surface area contributed by atoms with Crippen LogP contribution in [-0.2, 0) is 9.59 Å². The van der Waals surface area contributed by atoms with Crippen molar-refractivity contribution in [2.24, 2.45) is 0 Å². The predicted octanol–water partition coefficient (Wildman–Crippen LogP) is 2.61. The number of amides is 2. The van der Waals surface area contributed by atoms with E-state index in [0.717, 1.165) is 16.0 Å². The molecule has 3 heterocycles. The summed E-state index contributed by atoms with van der Waals surface area (Å²) in [5.41, 5.74) is 2.06. The highest BCUT2D eigenvalue weighted by atomic mass is 32.2. The van der Waals surface area contributed by atoms with Crippen molar-refractivity contribution < 1.29 is 9.59 Å². The summed E-state index contributed by atoms with van der Waals surface area (Å²) in [5.74, 6) is 0.787. The summed E-state index contributed by atoms with van der Waals surface area (Å²) < 4.78 is 1.06. The number of nitrogens with zero attached hydrogens (tertiary/aromatic N) is 2. The standard InChI is InChI=1S/C15H15N3O2S2/c1-9-2-3-10-11(8-9)22-14(16-10)17-13(20)15-5-4-12(19)18(15)6-7-21-15/h2-3,8H,4-7H2,1H3,(H,16,17,20)/t15-/m1/s1. The van der Waals surface area contributed by atoms with Gasteiger partial charge >= 0.3 is 0 Å². The molecule has 7 heteroatoms. The largest absolute Gasteiger partial charge is 0.319 e. The maximum absolute atomic E-state index is 12.7. The Labute approximate surface area is 136 Å². The van der Waals surface area contributed by atoms with Crippen molar-refractivity contribution in [3.63, 3.8) is 0 Å². The van der Waals surface area contributed by atoms with Gasteiger partial charge in [-0.1, -0.05) is 17.4 Å². The number of anilines is 1. The number of fused-ring (bicyclic) bond motifs is 2. The molecule has 5 nitrogen and oxygen atoms in total. The molecule has 2 aliphatic heterocycles. The van der Waals surface area contributed by atoms with Crippen LogP contribution in [0.3, 0.4) is 0 Å². The smallest absolute Gasteiger partial charge is 0.262 e. The molecule has 1 N–H and O–H groups in total. The van der Waals surface area contributed by atoms with Crippen molar-refractivity contribution in [2.75, 3.05) is 17.6 Å². The fourth-order valence-electron chi connectivity index (χ4n) is 3.09. The van der Waals surface area contributed by atoms with E-state index < -0.39 is 4.87 Å². The van der Waals surface area contributed by atoms with E-state index in [1.54, 1.807) is 16.7 Å². The van der Waals surface area contributed by atoms with Gasteiger partial charge in [-0.3, -0.25) is 14.9 Å². The molecule has 0 radical (unpaired) electrons. The lowest BCUT2D eigenvalue weighted by atomic mass is 10.2. The van der Waals surface area contributed by atoms with Crippen molar-refractivity contribution in [3.8, 4) is 0 Å². The summed E-state index contributed by atoms with van der Waals surface area (Å²) in [6.45, 7) is 2.70. The lowest BCUT2D eigenvalue weighted by Gasteiger charge is -2.28. The molecule has 2 fully saturated rings. The molecular formula is C15H15N3O2S2. The highest BCUT2D eigenvalue weighted by Gasteiger charge is 2.54. The number of carbonyl (C=O) groups is 2. The number of hydrogen-bond donors (Lipinski definition) is 1. The number of thioether (sulfide) groups is 1. The number of thiazole rings is 1. The summed E-state index contributed by atoms with van der Waals surface area (Å²) in [6, 6.07) is 6.04. The van der Waals surface area contributed by atoms with E-state index in [1.807, 2.05) is 19.1 Å². The Kier molecular flexibility index (Phi) is 3.16. The fourth-order valence-corrected chi connectivity index (χ4v) is 5.44. The van der Waals surface area contributed by atoms with Gasteiger partial charge in [0.05, 0.1) is 10.2 Å². The SMILES string of the molecule is Cc1ccc2nc(NC(=O)[C@]34CCC(=O)N3CCS4)sc2c1. The molecule has 0 bridgehead atoms. The van der Waals surface area contributed by atoms with Crippen molar-refractivity contribution >= 4 is 50.3 Å². The quantitative estimate of drug-likeness (QED) is 0.918. The molecule has 1 aromatic carbocycles. The molecule has 2 aromatic rings. The Hall–Kier alpha value is -1.60. The van der Waals surface area contributed by atoms with E-state index in [0.29, 0.717) is 24.5 Å². The van der Waals surface area contributed by atoms with E-state index in [4.69, 9.17) is 0 Å². The first-order valence-corrected chi connectivity index (χ1v) is 9.02. The second-order valence-corrected chi connectivity index (χ2v) is 8.03. The zero-order chi connectivity index (χ0) is 15.3. The second kappa shape index (κ2) is 4.96. The van der Waals surface area contributed by atoms with Crippen LogP contribution in [0.25, 0.3) is 10.2 Å². The van der Waals surface area contributed by atoms with E-state index in [9.17, 15) is 9.59 Å². The van der Waals surface area contributed by atoms with Crippen molar-refractivity contribution in [2.45, 2.75) is 24.6 Å². The summed E-state index contributed by atoms with van der Waals surface area (Å²) in [4.78, 5) is 30.1. The predicted molar refractivity (Wildman–Crippen MR) is 89.1 cm³/mol. The van der Waals surface area contributed by atoms with Gasteiger partial charge in [-0.25, -0.2) is 4.98 Å². The topological polar surface area (TPSA) is 62.3 Å². The summed E-state index contributed by atoms with van der Waals surface area (Å²) in [6.07, 6.45) is 1.05. The van der Waals surface area contributed by atoms with Gasteiger partial charge in [0, 0.05) is 18.7 Å². The first kappa shape index (κ1) is 14.0. The highest BCUT2D eigenvalue weighted by Crippen LogP contribution is 2.45. The van der Waals surface area contributed by atoms with E-state index in [1.165, 1.54) is 16.9 Å². The minimum Gasteiger partial charge on any atom is -0.319 e. The maximum atomic E-state index is 12.7. The number of aryl methyl sites for hydroxylation is 1. The average molecular weight is 333 g/mol. The highest BCUT2D eigenvalue weighted by molar-refractivity contribution is 8.01. The molecule has 0 aliphatic carbocycles. The van der Waals surface area contributed by atoms with E-state index in [2.05, 4.69) is 16.4 Å². The zero-order valence-electron chi connectivity index (χ0n) is 12.1. The zero-order valence-corrected chi connectivity index (χ0v) is 13.7. The minimum absolute atomic E-state index is 0.0834. The van der Waals surface area contributed by atoms with Gasteiger partial charge in [0.15, 0.2) is 10.0 Å². The molecule has 0 unspecified atom stereocenters. The fraction of sp³-hybridized carbons (Fsp3) is 0.400. The number of carbonyl (C=O) groups excluding carboxylic acids is 2. The van der Waals surface area contributed by atoms with Crippen LogP contribution in [0.2, 0.25) is 0 Å². The van der Waals surface area contributed by atoms with Crippen molar-refractivity contribution in [1.82, 2.24) is 9.88 Å². The normalized spacial score (nSPS) is 24.0. The van der Waals surface area contributed by atoms with Crippen LogP contribution in [0, 0.1) is 6.92 Å². The number of aromatic nitrogens is 1. The average Bonchev–Trinajstić information content (AvgIpc) is 3.14. The van der Waals surface area contributed by atoms with Gasteiger partial charge in [0.25, 0.3) is 5.91 Å². The monoisotopic (exact) mass is 333 g/mol. The Morgan fingerprint density at radius 1 is 1.45 bits per heavy atom. The van der Waals surface area contributed by atoms with E-state index >= 15 is 0 Å². The summed E-state index contributed by atoms with van der Waals surface area (Å²) in [5, 5.41) is 3.53. The molecule has 2 amide bonds. The molecule has 1 atom stereocenters. The first-order valence-electron chi connectivity index (χ1n) is 7.22. The molecule has 22 heavy (non-hydrogen) atoms. The van der Waals surface area contributed by atoms with Crippen LogP contribution in [0.1, 0.15) is 18.4 Å². The van der Waals surface area contributed by atoms with Gasteiger partial charge in [0.2, 0.25) is 5.91 Å². The molecule has 114 valence electrons. The summed E-state index contributed by atoms with van der Waals surface area (Å²) >= 11 is 3.05. The molecule has 2 saturated heterocycles. The van der Waals surface area contributed by atoms with Gasteiger partial charge in [-0.05, 0) is 31.0 Å². The van der Waals surface area contributed by atoms with Crippen LogP contribution < -0.4 is 5.32 Å².